The van der Waals surface area contributed by atoms with Gasteiger partial charge < -0.3 is 10.1 Å². The van der Waals surface area contributed by atoms with Crippen LogP contribution in [0, 0.1) is 6.92 Å². The predicted molar refractivity (Wildman–Crippen MR) is 120 cm³/mol. The molecule has 0 bridgehead atoms. The third-order valence-electron chi connectivity index (χ3n) is 6.23. The number of carbonyl (C=O) groups excluding carboxylic acids is 3. The number of hydrogen-bond donors (Lipinski definition) is 1. The summed E-state index contributed by atoms with van der Waals surface area (Å²) < 4.78 is 6.47. The molecule has 4 rings (SSSR count). The molecule has 1 saturated carbocycles. The van der Waals surface area contributed by atoms with Crippen LogP contribution in [0.3, 0.4) is 0 Å². The molecule has 1 N–H and O–H groups in total. The highest BCUT2D eigenvalue weighted by atomic mass is 35.5. The van der Waals surface area contributed by atoms with E-state index >= 15 is 0 Å². The minimum atomic E-state index is -1.26. The smallest absolute Gasteiger partial charge is 0.358 e. The lowest BCUT2D eigenvalue weighted by atomic mass is 9.92. The fourth-order valence-corrected chi connectivity index (χ4v) is 4.66. The first-order chi connectivity index (χ1) is 15.2. The maximum atomic E-state index is 13.7. The van der Waals surface area contributed by atoms with Crippen molar-refractivity contribution in [3.05, 3.63) is 46.2 Å². The van der Waals surface area contributed by atoms with Gasteiger partial charge in [-0.05, 0) is 51.3 Å². The second kappa shape index (κ2) is 8.58. The number of nitrogens with zero attached hydrogens (tertiary/aromatic N) is 3. The Morgan fingerprint density at radius 3 is 2.69 bits per heavy atom. The number of esters is 1. The van der Waals surface area contributed by atoms with E-state index in [0.29, 0.717) is 10.7 Å². The van der Waals surface area contributed by atoms with Gasteiger partial charge in [0.05, 0.1) is 13.2 Å². The molecule has 0 spiro atoms. The molecule has 170 valence electrons. The quantitative estimate of drug-likeness (QED) is 0.692. The number of nitrogens with one attached hydrogen (secondary N) is 1. The number of hydrogen-bond acceptors (Lipinski definition) is 5. The van der Waals surface area contributed by atoms with Crippen molar-refractivity contribution in [2.24, 2.45) is 0 Å². The molecule has 0 saturated heterocycles. The van der Waals surface area contributed by atoms with Crippen molar-refractivity contribution < 1.29 is 19.1 Å². The van der Waals surface area contributed by atoms with E-state index in [2.05, 4.69) is 10.4 Å². The van der Waals surface area contributed by atoms with E-state index in [1.54, 1.807) is 26.0 Å². The van der Waals surface area contributed by atoms with Crippen LogP contribution in [-0.2, 0) is 16.1 Å². The summed E-state index contributed by atoms with van der Waals surface area (Å²) in [5.74, 6) is -1.28. The van der Waals surface area contributed by atoms with E-state index in [1.807, 2.05) is 13.0 Å². The Bertz CT molecular complexity index is 1080. The second-order valence-corrected chi connectivity index (χ2v) is 9.03. The number of halogens is 1. The molecule has 1 atom stereocenters. The number of aromatic nitrogens is 2. The number of carbonyl (C=O) groups is 3. The van der Waals surface area contributed by atoms with Crippen molar-refractivity contribution in [3.63, 3.8) is 0 Å². The molecule has 32 heavy (non-hydrogen) atoms. The first-order valence-corrected chi connectivity index (χ1v) is 11.3. The van der Waals surface area contributed by atoms with E-state index in [0.717, 1.165) is 31.2 Å². The van der Waals surface area contributed by atoms with Crippen molar-refractivity contribution in [3.8, 4) is 0 Å². The van der Waals surface area contributed by atoms with Crippen LogP contribution in [-0.4, -0.2) is 45.8 Å². The first kappa shape index (κ1) is 22.3. The number of aryl methyl sites for hydroxylation is 1. The minimum absolute atomic E-state index is 0.0402. The van der Waals surface area contributed by atoms with Crippen LogP contribution in [0.15, 0.2) is 24.3 Å². The number of rotatable bonds is 5. The number of ether oxygens (including phenoxy) is 1. The van der Waals surface area contributed by atoms with Gasteiger partial charge in [0, 0.05) is 22.8 Å². The summed E-state index contributed by atoms with van der Waals surface area (Å²) >= 11 is 6.26. The highest BCUT2D eigenvalue weighted by Gasteiger charge is 2.50. The summed E-state index contributed by atoms with van der Waals surface area (Å²) in [6.07, 6.45) is 3.99. The zero-order chi connectivity index (χ0) is 23.0. The summed E-state index contributed by atoms with van der Waals surface area (Å²) in [4.78, 5) is 41.0. The van der Waals surface area contributed by atoms with Gasteiger partial charge in [0.1, 0.15) is 11.2 Å². The first-order valence-electron chi connectivity index (χ1n) is 10.9. The molecule has 1 aromatic carbocycles. The fourth-order valence-electron chi connectivity index (χ4n) is 4.50. The third-order valence-corrected chi connectivity index (χ3v) is 6.46. The summed E-state index contributed by atoms with van der Waals surface area (Å²) in [6, 6.07) is 6.76. The Labute approximate surface area is 191 Å². The van der Waals surface area contributed by atoms with Gasteiger partial charge in [0.2, 0.25) is 5.91 Å². The topological polar surface area (TPSA) is 93.5 Å². The monoisotopic (exact) mass is 458 g/mol. The van der Waals surface area contributed by atoms with Crippen LogP contribution in [0.25, 0.3) is 0 Å². The summed E-state index contributed by atoms with van der Waals surface area (Å²) in [6.45, 7) is 5.59. The molecule has 0 radical (unpaired) electrons. The van der Waals surface area contributed by atoms with Crippen molar-refractivity contribution in [1.82, 2.24) is 15.1 Å². The predicted octanol–water partition coefficient (Wildman–Crippen LogP) is 3.50. The van der Waals surface area contributed by atoms with Gasteiger partial charge in [-0.3, -0.25) is 19.2 Å². The second-order valence-electron chi connectivity index (χ2n) is 8.59. The molecule has 2 aliphatic rings. The van der Waals surface area contributed by atoms with Crippen molar-refractivity contribution in [2.75, 3.05) is 11.5 Å². The lowest BCUT2D eigenvalue weighted by molar-refractivity contribution is -0.127. The average Bonchev–Trinajstić information content (AvgIpc) is 3.40. The minimum Gasteiger partial charge on any atom is -0.461 e. The highest BCUT2D eigenvalue weighted by molar-refractivity contribution is 6.31. The Balaban J connectivity index is 1.80. The summed E-state index contributed by atoms with van der Waals surface area (Å²) in [5, 5.41) is 7.87. The van der Waals surface area contributed by atoms with Gasteiger partial charge in [-0.15, -0.1) is 0 Å². The number of fused-ring (bicyclic) bond motifs is 1. The average molecular weight is 459 g/mol. The molecule has 1 unspecified atom stereocenters. The van der Waals surface area contributed by atoms with Gasteiger partial charge >= 0.3 is 5.97 Å². The molecule has 1 fully saturated rings. The molecule has 2 amide bonds. The Hall–Kier alpha value is -2.87. The van der Waals surface area contributed by atoms with Gasteiger partial charge in [-0.1, -0.05) is 30.5 Å². The van der Waals surface area contributed by atoms with Gasteiger partial charge in [0.25, 0.3) is 5.91 Å². The van der Waals surface area contributed by atoms with Crippen LogP contribution in [0.5, 0.6) is 0 Å². The van der Waals surface area contributed by atoms with E-state index < -0.39 is 17.4 Å². The summed E-state index contributed by atoms with van der Waals surface area (Å²) in [7, 11) is 0. The standard InChI is InChI=1S/C23H27ClN4O4/c1-4-32-21(30)17-12-19-20(29)28(18-11-15(24)10-9-14(18)2)23(3,13-27(19)26-17)22(31)25-16-7-5-6-8-16/h9-12,16H,4-8,13H2,1-3H3,(H,25,31). The van der Waals surface area contributed by atoms with Gasteiger partial charge in [-0.25, -0.2) is 4.79 Å². The Kier molecular flexibility index (Phi) is 5.99. The maximum absolute atomic E-state index is 13.7. The highest BCUT2D eigenvalue weighted by Crippen LogP contribution is 2.36. The van der Waals surface area contributed by atoms with Gasteiger partial charge in [-0.2, -0.15) is 5.10 Å². The normalized spacial score (nSPS) is 20.9. The fraction of sp³-hybridized carbons (Fsp3) is 0.478. The van der Waals surface area contributed by atoms with Crippen molar-refractivity contribution >= 4 is 35.1 Å². The lowest BCUT2D eigenvalue weighted by Gasteiger charge is -2.44. The number of amides is 2. The van der Waals surface area contributed by atoms with Crippen molar-refractivity contribution in [1.29, 1.82) is 0 Å². The van der Waals surface area contributed by atoms with E-state index in [-0.39, 0.29) is 36.5 Å². The van der Waals surface area contributed by atoms with Crippen molar-refractivity contribution in [2.45, 2.75) is 64.6 Å². The van der Waals surface area contributed by atoms with Crippen LogP contribution >= 0.6 is 11.6 Å². The lowest BCUT2D eigenvalue weighted by Crippen LogP contribution is -2.65. The van der Waals surface area contributed by atoms with E-state index in [9.17, 15) is 14.4 Å². The molecule has 2 aromatic rings. The molecule has 1 aromatic heterocycles. The number of anilines is 1. The van der Waals surface area contributed by atoms with Crippen LogP contribution in [0.2, 0.25) is 5.02 Å². The van der Waals surface area contributed by atoms with Gasteiger partial charge in [0.15, 0.2) is 5.69 Å². The largest absolute Gasteiger partial charge is 0.461 e. The molecule has 2 heterocycles. The van der Waals surface area contributed by atoms with Crippen LogP contribution < -0.4 is 10.2 Å². The Morgan fingerprint density at radius 1 is 1.28 bits per heavy atom. The summed E-state index contributed by atoms with van der Waals surface area (Å²) in [5.41, 5.74) is 0.356. The molecule has 1 aliphatic carbocycles. The molecular formula is C23H27ClN4O4. The van der Waals surface area contributed by atoms with Crippen LogP contribution in [0.4, 0.5) is 5.69 Å². The zero-order valence-electron chi connectivity index (χ0n) is 18.5. The molecule has 9 heteroatoms. The van der Waals surface area contributed by atoms with E-state index in [1.165, 1.54) is 15.6 Å². The maximum Gasteiger partial charge on any atom is 0.358 e. The molecular weight excluding hydrogens is 432 g/mol. The number of benzene rings is 1. The molecule has 1 aliphatic heterocycles. The third kappa shape index (κ3) is 3.88. The molecule has 8 nitrogen and oxygen atoms in total. The zero-order valence-corrected chi connectivity index (χ0v) is 19.2. The Morgan fingerprint density at radius 2 is 2.00 bits per heavy atom. The van der Waals surface area contributed by atoms with E-state index in [4.69, 9.17) is 16.3 Å². The van der Waals surface area contributed by atoms with Crippen LogP contribution in [0.1, 0.15) is 66.1 Å². The SMILES string of the molecule is CCOC(=O)c1cc2n(n1)CC(C)(C(=O)NC1CCCC1)N(c1cc(Cl)ccc1C)C2=O.